The molecule has 146 valence electrons. The Hall–Kier alpha value is -3.35. The summed E-state index contributed by atoms with van der Waals surface area (Å²) in [6.07, 6.45) is -1.38. The molecule has 1 aliphatic heterocycles. The van der Waals surface area contributed by atoms with Gasteiger partial charge in [-0.2, -0.15) is 0 Å². The summed E-state index contributed by atoms with van der Waals surface area (Å²) in [6, 6.07) is 13.5. The molecular weight excluding hydrogens is 364 g/mol. The van der Waals surface area contributed by atoms with Crippen LogP contribution in [0.5, 0.6) is 11.5 Å². The van der Waals surface area contributed by atoms with Gasteiger partial charge in [-0.15, -0.1) is 0 Å². The first kappa shape index (κ1) is 19.4. The van der Waals surface area contributed by atoms with Gasteiger partial charge in [0, 0.05) is 17.5 Å². The predicted octanol–water partition coefficient (Wildman–Crippen LogP) is 2.88. The summed E-state index contributed by atoms with van der Waals surface area (Å²) in [5.41, 5.74) is 0.922. The summed E-state index contributed by atoms with van der Waals surface area (Å²) in [6.45, 7) is 0.889. The Balaban J connectivity index is 1.59. The average Bonchev–Trinajstić information content (AvgIpc) is 2.75. The SMILES string of the molecule is COC(=O)C(OC(=O)CCC(=O)c1ccc2c(c1)OCCO2)c1ccccc1. The lowest BCUT2D eigenvalue weighted by molar-refractivity contribution is -0.166. The van der Waals surface area contributed by atoms with Gasteiger partial charge in [-0.3, -0.25) is 9.59 Å². The standard InChI is InChI=1S/C21H20O7/c1-25-21(24)20(14-5-3-2-4-6-14)28-19(23)10-8-16(22)15-7-9-17-18(13-15)27-12-11-26-17/h2-7,9,13,20H,8,10-12H2,1H3. The second kappa shape index (κ2) is 9.03. The van der Waals surface area contributed by atoms with Crippen LogP contribution < -0.4 is 9.47 Å². The summed E-state index contributed by atoms with van der Waals surface area (Å²) in [5, 5.41) is 0. The Morgan fingerprint density at radius 2 is 1.68 bits per heavy atom. The molecule has 2 aromatic rings. The number of hydrogen-bond acceptors (Lipinski definition) is 7. The van der Waals surface area contributed by atoms with Crippen LogP contribution in [0.2, 0.25) is 0 Å². The lowest BCUT2D eigenvalue weighted by Gasteiger charge is -2.18. The van der Waals surface area contributed by atoms with E-state index in [9.17, 15) is 14.4 Å². The summed E-state index contributed by atoms with van der Waals surface area (Å²) >= 11 is 0. The van der Waals surface area contributed by atoms with Crippen molar-refractivity contribution < 1.29 is 33.3 Å². The van der Waals surface area contributed by atoms with E-state index in [1.54, 1.807) is 48.5 Å². The first-order valence-corrected chi connectivity index (χ1v) is 8.83. The van der Waals surface area contributed by atoms with Crippen molar-refractivity contribution in [3.63, 3.8) is 0 Å². The van der Waals surface area contributed by atoms with Crippen molar-refractivity contribution in [2.24, 2.45) is 0 Å². The molecule has 0 saturated heterocycles. The number of ether oxygens (including phenoxy) is 4. The molecule has 1 aliphatic rings. The molecule has 0 radical (unpaired) electrons. The maximum atomic E-state index is 12.4. The Kier molecular flexibility index (Phi) is 6.26. The molecule has 7 nitrogen and oxygen atoms in total. The highest BCUT2D eigenvalue weighted by Crippen LogP contribution is 2.31. The van der Waals surface area contributed by atoms with E-state index in [2.05, 4.69) is 0 Å². The minimum Gasteiger partial charge on any atom is -0.486 e. The number of hydrogen-bond donors (Lipinski definition) is 0. The van der Waals surface area contributed by atoms with Crippen molar-refractivity contribution in [3.05, 3.63) is 59.7 Å². The molecule has 3 rings (SSSR count). The van der Waals surface area contributed by atoms with Crippen molar-refractivity contribution in [1.82, 2.24) is 0 Å². The number of benzene rings is 2. The molecule has 1 heterocycles. The first-order valence-electron chi connectivity index (χ1n) is 8.83. The molecule has 0 amide bonds. The van der Waals surface area contributed by atoms with Crippen LogP contribution in [0.3, 0.4) is 0 Å². The van der Waals surface area contributed by atoms with Gasteiger partial charge in [0.25, 0.3) is 0 Å². The summed E-state index contributed by atoms with van der Waals surface area (Å²) in [5.74, 6) is -0.480. The third-order valence-corrected chi connectivity index (χ3v) is 4.19. The molecule has 0 bridgehead atoms. The molecule has 7 heteroatoms. The summed E-state index contributed by atoms with van der Waals surface area (Å²) in [7, 11) is 1.22. The first-order chi connectivity index (χ1) is 13.6. The highest BCUT2D eigenvalue weighted by atomic mass is 16.6. The number of ketones is 1. The molecule has 0 aromatic heterocycles. The summed E-state index contributed by atoms with van der Waals surface area (Å²) < 4.78 is 20.8. The predicted molar refractivity (Wildman–Crippen MR) is 98.3 cm³/mol. The van der Waals surface area contributed by atoms with Crippen LogP contribution in [0.25, 0.3) is 0 Å². The zero-order chi connectivity index (χ0) is 19.9. The van der Waals surface area contributed by atoms with Crippen LogP contribution in [-0.2, 0) is 19.1 Å². The van der Waals surface area contributed by atoms with Crippen molar-refractivity contribution >= 4 is 17.7 Å². The number of esters is 2. The van der Waals surface area contributed by atoms with Gasteiger partial charge in [0.05, 0.1) is 13.5 Å². The minimum atomic E-state index is -1.16. The van der Waals surface area contributed by atoms with Crippen LogP contribution in [0.4, 0.5) is 0 Å². The van der Waals surface area contributed by atoms with E-state index in [4.69, 9.17) is 18.9 Å². The second-order valence-corrected chi connectivity index (χ2v) is 6.09. The molecule has 0 N–H and O–H groups in total. The average molecular weight is 384 g/mol. The number of carbonyl (C=O) groups is 3. The van der Waals surface area contributed by atoms with Gasteiger partial charge in [0.2, 0.25) is 6.10 Å². The van der Waals surface area contributed by atoms with Crippen molar-refractivity contribution in [1.29, 1.82) is 0 Å². The van der Waals surface area contributed by atoms with E-state index in [1.807, 2.05) is 0 Å². The van der Waals surface area contributed by atoms with E-state index in [0.717, 1.165) is 0 Å². The molecular formula is C21H20O7. The number of Topliss-reactive ketones (excluding diaryl/α,β-unsaturated/α-hetero) is 1. The lowest BCUT2D eigenvalue weighted by atomic mass is 10.1. The van der Waals surface area contributed by atoms with Gasteiger partial charge < -0.3 is 18.9 Å². The van der Waals surface area contributed by atoms with E-state index in [-0.39, 0.29) is 18.6 Å². The number of fused-ring (bicyclic) bond motifs is 1. The molecule has 1 atom stereocenters. The van der Waals surface area contributed by atoms with Gasteiger partial charge in [-0.25, -0.2) is 4.79 Å². The highest BCUT2D eigenvalue weighted by molar-refractivity contribution is 5.98. The summed E-state index contributed by atoms with van der Waals surface area (Å²) in [4.78, 5) is 36.5. The number of rotatable bonds is 7. The van der Waals surface area contributed by atoms with Crippen LogP contribution in [0.1, 0.15) is 34.9 Å². The van der Waals surface area contributed by atoms with Gasteiger partial charge in [0.1, 0.15) is 13.2 Å². The van der Waals surface area contributed by atoms with Crippen LogP contribution >= 0.6 is 0 Å². The van der Waals surface area contributed by atoms with Crippen molar-refractivity contribution in [2.75, 3.05) is 20.3 Å². The molecule has 1 unspecified atom stereocenters. The van der Waals surface area contributed by atoms with Crippen LogP contribution in [0.15, 0.2) is 48.5 Å². The minimum absolute atomic E-state index is 0.0544. The van der Waals surface area contributed by atoms with Crippen LogP contribution in [0, 0.1) is 0 Å². The molecule has 0 spiro atoms. The normalized spacial score (nSPS) is 13.3. The Bertz CT molecular complexity index is 860. The zero-order valence-electron chi connectivity index (χ0n) is 15.4. The quantitative estimate of drug-likeness (QED) is 0.536. The third kappa shape index (κ3) is 4.68. The fourth-order valence-corrected chi connectivity index (χ4v) is 2.75. The van der Waals surface area contributed by atoms with Gasteiger partial charge in [-0.05, 0) is 18.2 Å². The fourth-order valence-electron chi connectivity index (χ4n) is 2.75. The lowest BCUT2D eigenvalue weighted by Crippen LogP contribution is -2.21. The topological polar surface area (TPSA) is 88.1 Å². The monoisotopic (exact) mass is 384 g/mol. The largest absolute Gasteiger partial charge is 0.486 e. The molecule has 0 saturated carbocycles. The maximum absolute atomic E-state index is 12.4. The van der Waals surface area contributed by atoms with E-state index < -0.39 is 18.0 Å². The van der Waals surface area contributed by atoms with Gasteiger partial charge in [-0.1, -0.05) is 30.3 Å². The smallest absolute Gasteiger partial charge is 0.351 e. The number of carbonyl (C=O) groups excluding carboxylic acids is 3. The van der Waals surface area contributed by atoms with Gasteiger partial charge in [0.15, 0.2) is 17.3 Å². The molecule has 0 fully saturated rings. The molecule has 2 aromatic carbocycles. The van der Waals surface area contributed by atoms with E-state index in [0.29, 0.717) is 35.8 Å². The highest BCUT2D eigenvalue weighted by Gasteiger charge is 2.26. The van der Waals surface area contributed by atoms with Crippen molar-refractivity contribution in [2.45, 2.75) is 18.9 Å². The fraction of sp³-hybridized carbons (Fsp3) is 0.286. The Morgan fingerprint density at radius 3 is 2.39 bits per heavy atom. The van der Waals surface area contributed by atoms with E-state index in [1.165, 1.54) is 7.11 Å². The maximum Gasteiger partial charge on any atom is 0.351 e. The van der Waals surface area contributed by atoms with Crippen molar-refractivity contribution in [3.8, 4) is 11.5 Å². The Morgan fingerprint density at radius 1 is 0.964 bits per heavy atom. The molecule has 0 aliphatic carbocycles. The van der Waals surface area contributed by atoms with Gasteiger partial charge >= 0.3 is 11.9 Å². The van der Waals surface area contributed by atoms with E-state index >= 15 is 0 Å². The third-order valence-electron chi connectivity index (χ3n) is 4.19. The van der Waals surface area contributed by atoms with Crippen LogP contribution in [-0.4, -0.2) is 38.0 Å². The molecule has 28 heavy (non-hydrogen) atoms. The zero-order valence-corrected chi connectivity index (χ0v) is 15.4. The second-order valence-electron chi connectivity index (χ2n) is 6.09. The number of methoxy groups -OCH3 is 1. The Labute approximate surface area is 162 Å².